The van der Waals surface area contributed by atoms with Crippen LogP contribution in [-0.2, 0) is 21.1 Å². The highest BCUT2D eigenvalue weighted by atomic mass is 32.2. The molecule has 0 bridgehead atoms. The summed E-state index contributed by atoms with van der Waals surface area (Å²) in [5.41, 5.74) is 0.754. The fraction of sp³-hybridized carbons (Fsp3) is 0.455. The first-order valence-electron chi connectivity index (χ1n) is 5.09. The predicted octanol–water partition coefficient (Wildman–Crippen LogP) is 0.637. The molecule has 0 unspecified atom stereocenters. The maximum atomic E-state index is 11.5. The molecule has 0 spiro atoms. The summed E-state index contributed by atoms with van der Waals surface area (Å²) >= 11 is 0. The average Bonchev–Trinajstić information content (AvgIpc) is 2.27. The van der Waals surface area contributed by atoms with Crippen molar-refractivity contribution < 1.29 is 17.9 Å². The molecule has 0 saturated carbocycles. The Labute approximate surface area is 101 Å². The summed E-state index contributed by atoms with van der Waals surface area (Å²) in [5, 5.41) is 0. The van der Waals surface area contributed by atoms with E-state index in [4.69, 9.17) is 4.74 Å². The van der Waals surface area contributed by atoms with Crippen molar-refractivity contribution in [1.82, 2.24) is 4.98 Å². The van der Waals surface area contributed by atoms with E-state index in [1.54, 1.807) is 18.3 Å². The van der Waals surface area contributed by atoms with Crippen molar-refractivity contribution in [2.45, 2.75) is 12.8 Å². The molecule has 94 valence electrons. The number of ketones is 1. The number of ether oxygens (including phenoxy) is 1. The van der Waals surface area contributed by atoms with E-state index in [9.17, 15) is 13.2 Å². The summed E-state index contributed by atoms with van der Waals surface area (Å²) in [7, 11) is -1.57. The Morgan fingerprint density at radius 1 is 1.41 bits per heavy atom. The van der Waals surface area contributed by atoms with Gasteiger partial charge in [0.1, 0.15) is 15.6 Å². The first kappa shape index (κ1) is 13.6. The molecule has 0 aliphatic carbocycles. The minimum Gasteiger partial charge on any atom is -0.481 e. The van der Waals surface area contributed by atoms with E-state index in [2.05, 4.69) is 4.98 Å². The molecule has 0 fully saturated rings. The van der Waals surface area contributed by atoms with Crippen molar-refractivity contribution in [3.05, 3.63) is 23.9 Å². The van der Waals surface area contributed by atoms with Gasteiger partial charge in [-0.1, -0.05) is 6.07 Å². The number of hydrogen-bond acceptors (Lipinski definition) is 5. The third-order valence-corrected chi connectivity index (χ3v) is 3.11. The molecule has 0 N–H and O–H groups in total. The van der Waals surface area contributed by atoms with Gasteiger partial charge in [-0.15, -0.1) is 0 Å². The molecule has 1 aromatic heterocycles. The zero-order chi connectivity index (χ0) is 12.9. The second-order valence-electron chi connectivity index (χ2n) is 3.80. The number of rotatable bonds is 6. The number of carbonyl (C=O) groups excluding carboxylic acids is 1. The normalized spacial score (nSPS) is 11.2. The predicted molar refractivity (Wildman–Crippen MR) is 63.8 cm³/mol. The second kappa shape index (κ2) is 5.77. The van der Waals surface area contributed by atoms with E-state index in [-0.39, 0.29) is 24.4 Å². The number of pyridine rings is 1. The lowest BCUT2D eigenvalue weighted by Gasteiger charge is -2.02. The molecule has 1 aromatic rings. The fourth-order valence-electron chi connectivity index (χ4n) is 1.25. The molecule has 0 atom stereocenters. The summed E-state index contributed by atoms with van der Waals surface area (Å²) in [6.45, 7) is 0. The molecule has 0 amide bonds. The molecule has 5 nitrogen and oxygen atoms in total. The van der Waals surface area contributed by atoms with Crippen molar-refractivity contribution >= 4 is 15.6 Å². The minimum atomic E-state index is -3.08. The smallest absolute Gasteiger partial charge is 0.212 e. The van der Waals surface area contributed by atoms with Crippen LogP contribution in [0.1, 0.15) is 12.0 Å². The standard InChI is InChI=1S/C11H15NO4S/c1-16-11-4-3-9(8-12-11)7-10(13)5-6-17(2,14)15/h3-4,8H,5-7H2,1-2H3. The number of Topliss-reactive ketones (excluding diaryl/α,β-unsaturated/α-hetero) is 1. The van der Waals surface area contributed by atoms with Gasteiger partial charge in [-0.25, -0.2) is 13.4 Å². The number of methoxy groups -OCH3 is 1. The van der Waals surface area contributed by atoms with Gasteiger partial charge in [0, 0.05) is 31.4 Å². The summed E-state index contributed by atoms with van der Waals surface area (Å²) in [6.07, 6.45) is 2.92. The van der Waals surface area contributed by atoms with Crippen molar-refractivity contribution in [1.29, 1.82) is 0 Å². The second-order valence-corrected chi connectivity index (χ2v) is 6.06. The molecule has 1 heterocycles. The van der Waals surface area contributed by atoms with Crippen molar-refractivity contribution in [2.75, 3.05) is 19.1 Å². The van der Waals surface area contributed by atoms with Gasteiger partial charge in [0.05, 0.1) is 12.9 Å². The molecule has 0 aliphatic rings. The molecule has 0 radical (unpaired) electrons. The van der Waals surface area contributed by atoms with E-state index in [0.29, 0.717) is 5.88 Å². The van der Waals surface area contributed by atoms with Crippen molar-refractivity contribution in [3.8, 4) is 5.88 Å². The zero-order valence-corrected chi connectivity index (χ0v) is 10.7. The first-order valence-corrected chi connectivity index (χ1v) is 7.15. The van der Waals surface area contributed by atoms with Crippen LogP contribution in [0.2, 0.25) is 0 Å². The average molecular weight is 257 g/mol. The lowest BCUT2D eigenvalue weighted by atomic mass is 10.1. The molecule has 17 heavy (non-hydrogen) atoms. The Morgan fingerprint density at radius 3 is 2.59 bits per heavy atom. The van der Waals surface area contributed by atoms with Crippen molar-refractivity contribution in [2.24, 2.45) is 0 Å². The summed E-state index contributed by atoms with van der Waals surface area (Å²) in [6, 6.07) is 3.41. The van der Waals surface area contributed by atoms with Crippen LogP contribution in [-0.4, -0.2) is 38.3 Å². The third-order valence-electron chi connectivity index (χ3n) is 2.16. The zero-order valence-electron chi connectivity index (χ0n) is 9.84. The minimum absolute atomic E-state index is 0.0465. The van der Waals surface area contributed by atoms with Crippen molar-refractivity contribution in [3.63, 3.8) is 0 Å². The van der Waals surface area contributed by atoms with Gasteiger partial charge in [0.15, 0.2) is 0 Å². The van der Waals surface area contributed by atoms with Gasteiger partial charge in [-0.05, 0) is 5.56 Å². The summed E-state index contributed by atoms with van der Waals surface area (Å²) < 4.78 is 26.7. The highest BCUT2D eigenvalue weighted by Gasteiger charge is 2.09. The van der Waals surface area contributed by atoms with Crippen LogP contribution in [0.4, 0.5) is 0 Å². The Bertz CT molecular complexity index is 479. The van der Waals surface area contributed by atoms with Gasteiger partial charge >= 0.3 is 0 Å². The Balaban J connectivity index is 2.50. The molecule has 0 aliphatic heterocycles. The first-order chi connectivity index (χ1) is 7.90. The van der Waals surface area contributed by atoms with Crippen LogP contribution < -0.4 is 4.74 Å². The quantitative estimate of drug-likeness (QED) is 0.747. The summed E-state index contributed by atoms with van der Waals surface area (Å²) in [4.78, 5) is 15.5. The Kier molecular flexibility index (Phi) is 4.62. The van der Waals surface area contributed by atoms with Gasteiger partial charge in [0.25, 0.3) is 0 Å². The van der Waals surface area contributed by atoms with Gasteiger partial charge in [0.2, 0.25) is 5.88 Å². The Morgan fingerprint density at radius 2 is 2.12 bits per heavy atom. The van der Waals surface area contributed by atoms with Crippen LogP contribution in [0.25, 0.3) is 0 Å². The molecule has 0 aromatic carbocycles. The number of carbonyl (C=O) groups is 1. The van der Waals surface area contributed by atoms with E-state index in [1.807, 2.05) is 0 Å². The van der Waals surface area contributed by atoms with E-state index < -0.39 is 9.84 Å². The maximum absolute atomic E-state index is 11.5. The van der Waals surface area contributed by atoms with Gasteiger partial charge in [-0.2, -0.15) is 0 Å². The maximum Gasteiger partial charge on any atom is 0.212 e. The highest BCUT2D eigenvalue weighted by molar-refractivity contribution is 7.90. The number of aromatic nitrogens is 1. The van der Waals surface area contributed by atoms with E-state index in [0.717, 1.165) is 11.8 Å². The monoisotopic (exact) mass is 257 g/mol. The van der Waals surface area contributed by atoms with Crippen LogP contribution in [0, 0.1) is 0 Å². The topological polar surface area (TPSA) is 73.3 Å². The van der Waals surface area contributed by atoms with E-state index >= 15 is 0 Å². The number of hydrogen-bond donors (Lipinski definition) is 0. The molecule has 6 heteroatoms. The number of nitrogens with zero attached hydrogens (tertiary/aromatic N) is 1. The SMILES string of the molecule is COc1ccc(CC(=O)CCS(C)(=O)=O)cn1. The van der Waals surface area contributed by atoms with Crippen LogP contribution in [0.15, 0.2) is 18.3 Å². The highest BCUT2D eigenvalue weighted by Crippen LogP contribution is 2.08. The Hall–Kier alpha value is -1.43. The summed E-state index contributed by atoms with van der Waals surface area (Å²) in [5.74, 6) is 0.273. The molecular formula is C11H15NO4S. The molecule has 0 saturated heterocycles. The van der Waals surface area contributed by atoms with Crippen LogP contribution >= 0.6 is 0 Å². The van der Waals surface area contributed by atoms with Crippen LogP contribution in [0.3, 0.4) is 0 Å². The molecular weight excluding hydrogens is 242 g/mol. The number of sulfone groups is 1. The van der Waals surface area contributed by atoms with Gasteiger partial charge in [-0.3, -0.25) is 4.79 Å². The van der Waals surface area contributed by atoms with E-state index in [1.165, 1.54) is 7.11 Å². The van der Waals surface area contributed by atoms with Gasteiger partial charge < -0.3 is 4.74 Å². The molecule has 1 rings (SSSR count). The third kappa shape index (κ3) is 5.44. The largest absolute Gasteiger partial charge is 0.481 e. The lowest BCUT2D eigenvalue weighted by molar-refractivity contribution is -0.118. The van der Waals surface area contributed by atoms with Crippen LogP contribution in [0.5, 0.6) is 5.88 Å². The lowest BCUT2D eigenvalue weighted by Crippen LogP contribution is -2.11. The fourth-order valence-corrected chi connectivity index (χ4v) is 1.85.